The van der Waals surface area contributed by atoms with Crippen molar-refractivity contribution in [3.63, 3.8) is 0 Å². The molecule has 11 heteroatoms. The van der Waals surface area contributed by atoms with Gasteiger partial charge in [0.2, 0.25) is 0 Å². The van der Waals surface area contributed by atoms with Crippen LogP contribution in [0.1, 0.15) is 42.9 Å². The van der Waals surface area contributed by atoms with Crippen molar-refractivity contribution < 1.29 is 9.47 Å². The molecule has 1 aliphatic heterocycles. The first-order valence-corrected chi connectivity index (χ1v) is 12.6. The summed E-state index contributed by atoms with van der Waals surface area (Å²) < 4.78 is 12.7. The van der Waals surface area contributed by atoms with E-state index in [0.29, 0.717) is 11.5 Å². The second-order valence-electron chi connectivity index (χ2n) is 12.2. The molecule has 6 nitrogen and oxygen atoms in total. The number of nitriles is 1. The van der Waals surface area contributed by atoms with Gasteiger partial charge in [-0.05, 0) is 65.7 Å². The number of benzene rings is 1. The zero-order valence-corrected chi connectivity index (χ0v) is 21.7. The zero-order valence-electron chi connectivity index (χ0n) is 21.7. The lowest BCUT2D eigenvalue weighted by Crippen LogP contribution is -2.60. The highest BCUT2D eigenvalue weighted by Crippen LogP contribution is 2.66. The highest BCUT2D eigenvalue weighted by atomic mass is 16.5. The summed E-state index contributed by atoms with van der Waals surface area (Å²) in [4.78, 5) is 9.43. The molecule has 5 rings (SSSR count). The first kappa shape index (κ1) is 24.1. The molecule has 1 aromatic carbocycles. The number of nitrogens with two attached hydrogens (primary N) is 1. The van der Waals surface area contributed by atoms with Gasteiger partial charge in [0.15, 0.2) is 15.7 Å². The summed E-state index contributed by atoms with van der Waals surface area (Å²) >= 11 is 0. The number of aliphatic imine (C=N–C) groups is 1. The lowest BCUT2D eigenvalue weighted by atomic mass is 9.44. The molecule has 1 saturated carbocycles. The minimum absolute atomic E-state index is 0.109. The van der Waals surface area contributed by atoms with E-state index in [-0.39, 0.29) is 22.8 Å². The minimum atomic E-state index is -0.592. The molecule has 2 N–H and O–H groups in total. The molecule has 2 aliphatic carbocycles. The van der Waals surface area contributed by atoms with E-state index in [9.17, 15) is 5.26 Å². The van der Waals surface area contributed by atoms with Crippen LogP contribution in [0.25, 0.3) is 11.1 Å². The Kier molecular flexibility index (Phi) is 5.49. The summed E-state index contributed by atoms with van der Waals surface area (Å²) in [5.41, 5.74) is 10.6. The molecular formula is C24H31B5N4O2. The Hall–Kier alpha value is -2.59. The lowest BCUT2D eigenvalue weighted by molar-refractivity contribution is -0.0743. The maximum atomic E-state index is 9.36. The van der Waals surface area contributed by atoms with Gasteiger partial charge in [0.1, 0.15) is 35.1 Å². The zero-order chi connectivity index (χ0) is 25.2. The highest BCUT2D eigenvalue weighted by molar-refractivity contribution is 6.58. The van der Waals surface area contributed by atoms with Crippen molar-refractivity contribution in [2.75, 3.05) is 0 Å². The Morgan fingerprint density at radius 2 is 1.97 bits per heavy atom. The Labute approximate surface area is 212 Å². The summed E-state index contributed by atoms with van der Waals surface area (Å²) in [7, 11) is 10.6. The fraction of sp³-hybridized carbons (Fsp3) is 0.458. The molecule has 1 aromatic heterocycles. The van der Waals surface area contributed by atoms with Crippen LogP contribution in [0.4, 0.5) is 0 Å². The highest BCUT2D eigenvalue weighted by Gasteiger charge is 2.69. The number of hydrogen-bond acceptors (Lipinski definition) is 6. The first-order valence-electron chi connectivity index (χ1n) is 12.6. The van der Waals surface area contributed by atoms with Gasteiger partial charge in [-0.25, -0.2) is 4.99 Å². The summed E-state index contributed by atoms with van der Waals surface area (Å²) in [5.74, 6) is 0.387. The van der Waals surface area contributed by atoms with Gasteiger partial charge in [-0.2, -0.15) is 5.26 Å². The summed E-state index contributed by atoms with van der Waals surface area (Å²) in [6.07, 6.45) is 7.54. The molecule has 0 saturated heterocycles. The van der Waals surface area contributed by atoms with Crippen LogP contribution in [0.15, 0.2) is 41.7 Å². The molecule has 3 aliphatic rings. The third kappa shape index (κ3) is 3.73. The van der Waals surface area contributed by atoms with Gasteiger partial charge < -0.3 is 15.2 Å². The number of amidine groups is 1. The molecule has 0 radical (unpaired) electrons. The van der Waals surface area contributed by atoms with E-state index in [1.807, 2.05) is 12.3 Å². The van der Waals surface area contributed by atoms with Crippen molar-refractivity contribution in [1.29, 1.82) is 5.26 Å². The Balaban J connectivity index is 1.62. The average molecular weight is 462 g/mol. The second-order valence-corrected chi connectivity index (χ2v) is 12.2. The largest absolute Gasteiger partial charge is 0.475 e. The smallest absolute Gasteiger partial charge is 0.282 e. The Morgan fingerprint density at radius 1 is 1.20 bits per heavy atom. The van der Waals surface area contributed by atoms with Crippen molar-refractivity contribution in [3.05, 3.63) is 53.3 Å². The molecule has 174 valence electrons. The molecule has 0 unspecified atom stereocenters. The minimum Gasteiger partial charge on any atom is -0.475 e. The van der Waals surface area contributed by atoms with Crippen LogP contribution in [0.2, 0.25) is 0 Å². The van der Waals surface area contributed by atoms with Crippen LogP contribution in [0.5, 0.6) is 0 Å². The lowest BCUT2D eigenvalue weighted by Gasteiger charge is -2.53. The summed E-state index contributed by atoms with van der Waals surface area (Å²) in [6, 6.07) is 10.9. The number of hydrogen-bond donors (Lipinski definition) is 1. The summed E-state index contributed by atoms with van der Waals surface area (Å²) in [5, 5.41) is 8.60. The number of fused-ring (bicyclic) bond motifs is 3. The van der Waals surface area contributed by atoms with Gasteiger partial charge >= 0.3 is 0 Å². The van der Waals surface area contributed by atoms with Gasteiger partial charge in [0, 0.05) is 23.4 Å². The summed E-state index contributed by atoms with van der Waals surface area (Å²) in [6.45, 7) is 2.31. The topological polar surface area (TPSA) is 93.5 Å². The van der Waals surface area contributed by atoms with E-state index < -0.39 is 10.9 Å². The van der Waals surface area contributed by atoms with Crippen molar-refractivity contribution in [2.24, 2.45) is 22.1 Å². The van der Waals surface area contributed by atoms with E-state index in [4.69, 9.17) is 20.2 Å². The van der Waals surface area contributed by atoms with E-state index in [1.165, 1.54) is 11.1 Å². The van der Waals surface area contributed by atoms with Gasteiger partial charge in [-0.3, -0.25) is 4.98 Å². The number of pyridine rings is 1. The van der Waals surface area contributed by atoms with Crippen molar-refractivity contribution in [3.8, 4) is 17.2 Å². The van der Waals surface area contributed by atoms with Crippen LogP contribution >= 0.6 is 0 Å². The van der Waals surface area contributed by atoms with E-state index in [1.54, 1.807) is 6.20 Å². The normalized spacial score (nSPS) is 31.0. The Morgan fingerprint density at radius 3 is 2.60 bits per heavy atom. The van der Waals surface area contributed by atoms with Crippen LogP contribution in [0.3, 0.4) is 0 Å². The molecular weight excluding hydrogens is 430 g/mol. The maximum Gasteiger partial charge on any atom is 0.282 e. The standard InChI is InChI=1S/C24H31B5N4O2/c1-13-8-21(5-4-19(13)34-24(27,28)29)9-16-3-2-15(17-6-14(10-30)11-32-12-17)7-18(16)22(21)23(25,26)35-20(31)33-22/h2-3,6-7,11-13,19H,4-5,8-9,25-29H2,1H3,(H2,31,33)/t13-,19-,21-,22-/m0/s1. The third-order valence-corrected chi connectivity index (χ3v) is 8.27. The molecule has 4 atom stereocenters. The predicted octanol–water partition coefficient (Wildman–Crippen LogP) is -1.66. The molecule has 2 spiro atoms. The average Bonchev–Trinajstić information content (AvgIpc) is 3.19. The quantitative estimate of drug-likeness (QED) is 0.553. The van der Waals surface area contributed by atoms with Gasteiger partial charge in [-0.15, -0.1) is 0 Å². The van der Waals surface area contributed by atoms with Gasteiger partial charge in [-0.1, -0.05) is 19.1 Å². The first-order chi connectivity index (χ1) is 16.4. The van der Waals surface area contributed by atoms with Gasteiger partial charge in [0.25, 0.3) is 6.02 Å². The molecule has 1 fully saturated rings. The van der Waals surface area contributed by atoms with Crippen LogP contribution in [0, 0.1) is 22.7 Å². The predicted molar refractivity (Wildman–Crippen MR) is 151 cm³/mol. The van der Waals surface area contributed by atoms with Crippen LogP contribution in [-0.2, 0) is 21.4 Å². The third-order valence-electron chi connectivity index (χ3n) is 8.27. The van der Waals surface area contributed by atoms with E-state index in [2.05, 4.69) is 75.4 Å². The van der Waals surface area contributed by atoms with Crippen molar-refractivity contribution in [2.45, 2.75) is 54.9 Å². The number of nitrogens with zero attached hydrogens (tertiary/aromatic N) is 3. The Bertz CT molecular complexity index is 1260. The van der Waals surface area contributed by atoms with E-state index >= 15 is 0 Å². The number of aromatic nitrogens is 1. The molecule has 2 heterocycles. The van der Waals surface area contributed by atoms with Crippen LogP contribution < -0.4 is 5.73 Å². The molecule has 0 amide bonds. The molecule has 2 aromatic rings. The van der Waals surface area contributed by atoms with E-state index in [0.717, 1.165) is 36.8 Å². The fourth-order valence-electron chi connectivity index (χ4n) is 7.16. The fourth-order valence-corrected chi connectivity index (χ4v) is 7.16. The van der Waals surface area contributed by atoms with Crippen molar-refractivity contribution >= 4 is 45.3 Å². The van der Waals surface area contributed by atoms with Gasteiger partial charge in [0.05, 0.1) is 17.1 Å². The molecule has 35 heavy (non-hydrogen) atoms. The molecule has 0 bridgehead atoms. The maximum absolute atomic E-state index is 9.36. The number of ether oxygens (including phenoxy) is 2. The van der Waals surface area contributed by atoms with Crippen LogP contribution in [-0.4, -0.2) is 67.0 Å². The SMILES string of the molecule is BC(B)(B)O[C@H]1CC[C@@]2(Cc3ccc(-c4cncc(C#N)c4)cc3[C@]23N=C(N)OC3(B)B)C[C@@H]1C. The number of rotatable bonds is 3. The monoisotopic (exact) mass is 462 g/mol. The second kappa shape index (κ2) is 7.96. The van der Waals surface area contributed by atoms with Crippen molar-refractivity contribution in [1.82, 2.24) is 4.98 Å².